The van der Waals surface area contributed by atoms with E-state index in [1.54, 1.807) is 12.3 Å². The van der Waals surface area contributed by atoms with Crippen molar-refractivity contribution in [1.82, 2.24) is 34.6 Å². The molecule has 5 heterocycles. The minimum atomic E-state index is -0.799. The Morgan fingerprint density at radius 3 is 2.66 bits per heavy atom. The van der Waals surface area contributed by atoms with Crippen molar-refractivity contribution in [2.45, 2.75) is 0 Å². The maximum atomic E-state index is 14.9. The first-order valence-electron chi connectivity index (χ1n) is 11.0. The third-order valence-electron chi connectivity index (χ3n) is 5.92. The first kappa shape index (κ1) is 21.1. The fourth-order valence-electron chi connectivity index (χ4n) is 4.22. The molecule has 5 aromatic rings. The number of nitrogens with zero attached hydrogens (tertiary/aromatic N) is 6. The third-order valence-corrected chi connectivity index (χ3v) is 5.92. The molecule has 1 aliphatic heterocycles. The van der Waals surface area contributed by atoms with E-state index in [9.17, 15) is 13.6 Å². The maximum Gasteiger partial charge on any atom is 0.261 e. The summed E-state index contributed by atoms with van der Waals surface area (Å²) in [5.74, 6) is -0.948. The van der Waals surface area contributed by atoms with Crippen LogP contribution in [0.2, 0.25) is 0 Å². The van der Waals surface area contributed by atoms with Gasteiger partial charge >= 0.3 is 0 Å². The van der Waals surface area contributed by atoms with Crippen LogP contribution in [0.5, 0.6) is 0 Å². The van der Waals surface area contributed by atoms with Crippen molar-refractivity contribution in [2.75, 3.05) is 36.4 Å². The van der Waals surface area contributed by atoms with Crippen LogP contribution in [0.25, 0.3) is 27.8 Å². The Hall–Kier alpha value is -4.45. The molecule has 0 saturated carbocycles. The van der Waals surface area contributed by atoms with Crippen molar-refractivity contribution in [3.8, 4) is 11.3 Å². The molecule has 35 heavy (non-hydrogen) atoms. The lowest BCUT2D eigenvalue weighted by molar-refractivity contribution is 0.589. The van der Waals surface area contributed by atoms with Gasteiger partial charge in [0.1, 0.15) is 29.3 Å². The number of fused-ring (bicyclic) bond motifs is 3. The lowest BCUT2D eigenvalue weighted by Gasteiger charge is -2.29. The zero-order valence-electron chi connectivity index (χ0n) is 18.3. The number of piperazine rings is 1. The number of aromatic amines is 1. The van der Waals surface area contributed by atoms with Gasteiger partial charge in [0.15, 0.2) is 5.82 Å². The van der Waals surface area contributed by atoms with E-state index in [0.29, 0.717) is 11.5 Å². The van der Waals surface area contributed by atoms with Gasteiger partial charge in [-0.15, -0.1) is 0 Å². The van der Waals surface area contributed by atoms with E-state index in [1.165, 1.54) is 23.0 Å². The van der Waals surface area contributed by atoms with E-state index in [2.05, 4.69) is 40.5 Å². The number of pyridine rings is 1. The van der Waals surface area contributed by atoms with E-state index in [-0.39, 0.29) is 28.1 Å². The Morgan fingerprint density at radius 1 is 1.00 bits per heavy atom. The molecule has 1 saturated heterocycles. The summed E-state index contributed by atoms with van der Waals surface area (Å²) in [6.45, 7) is 3.64. The maximum absolute atomic E-state index is 14.9. The minimum absolute atomic E-state index is 0.100. The van der Waals surface area contributed by atoms with Gasteiger partial charge in [-0.05, 0) is 24.3 Å². The number of rotatable bonds is 4. The van der Waals surface area contributed by atoms with Gasteiger partial charge in [-0.3, -0.25) is 9.20 Å². The number of H-pyrrole nitrogens is 1. The lowest BCUT2D eigenvalue weighted by Crippen LogP contribution is -2.43. The molecule has 0 radical (unpaired) electrons. The molecule has 176 valence electrons. The normalized spacial score (nSPS) is 14.1. The second-order valence-electron chi connectivity index (χ2n) is 8.11. The molecule has 0 amide bonds. The molecule has 12 heteroatoms. The molecule has 10 nitrogen and oxygen atoms in total. The van der Waals surface area contributed by atoms with Gasteiger partial charge in [0, 0.05) is 31.7 Å². The van der Waals surface area contributed by atoms with Gasteiger partial charge < -0.3 is 20.5 Å². The molecule has 0 aliphatic carbocycles. The fourth-order valence-corrected chi connectivity index (χ4v) is 4.22. The quantitative estimate of drug-likeness (QED) is 0.363. The topological polar surface area (TPSA) is 116 Å². The van der Waals surface area contributed by atoms with Crippen molar-refractivity contribution in [3.63, 3.8) is 0 Å². The van der Waals surface area contributed by atoms with Crippen LogP contribution in [0.3, 0.4) is 0 Å². The summed E-state index contributed by atoms with van der Waals surface area (Å²) in [7, 11) is 0. The van der Waals surface area contributed by atoms with Gasteiger partial charge in [-0.2, -0.15) is 0 Å². The monoisotopic (exact) mass is 475 g/mol. The Bertz CT molecular complexity index is 1610. The molecule has 1 aliphatic rings. The molecule has 4 aromatic heterocycles. The predicted octanol–water partition coefficient (Wildman–Crippen LogP) is 2.46. The highest BCUT2D eigenvalue weighted by Crippen LogP contribution is 2.27. The van der Waals surface area contributed by atoms with E-state index >= 15 is 0 Å². The van der Waals surface area contributed by atoms with E-state index in [1.807, 2.05) is 6.07 Å². The summed E-state index contributed by atoms with van der Waals surface area (Å²) in [5, 5.41) is 6.12. The zero-order chi connectivity index (χ0) is 23.9. The largest absolute Gasteiger partial charge is 0.368 e. The van der Waals surface area contributed by atoms with Crippen LogP contribution in [-0.2, 0) is 0 Å². The summed E-state index contributed by atoms with van der Waals surface area (Å²) in [6, 6.07) is 6.31. The van der Waals surface area contributed by atoms with Crippen LogP contribution in [0, 0.1) is 11.6 Å². The average molecular weight is 475 g/mol. The van der Waals surface area contributed by atoms with Gasteiger partial charge in [0.2, 0.25) is 5.95 Å². The summed E-state index contributed by atoms with van der Waals surface area (Å²) in [4.78, 5) is 33.8. The number of imidazole rings is 1. The average Bonchev–Trinajstić information content (AvgIpc) is 3.34. The molecule has 1 aromatic carbocycles. The van der Waals surface area contributed by atoms with E-state index in [4.69, 9.17) is 0 Å². The van der Waals surface area contributed by atoms with Gasteiger partial charge in [0.05, 0.1) is 35.2 Å². The smallest absolute Gasteiger partial charge is 0.261 e. The van der Waals surface area contributed by atoms with Crippen LogP contribution in [0.4, 0.5) is 26.2 Å². The summed E-state index contributed by atoms with van der Waals surface area (Å²) in [6.07, 6.45) is 5.65. The minimum Gasteiger partial charge on any atom is -0.368 e. The number of halogens is 2. The van der Waals surface area contributed by atoms with Crippen LogP contribution >= 0.6 is 0 Å². The number of aromatic nitrogens is 6. The standard InChI is InChI=1S/C23H19F2N9O/c24-15-7-13(8-17-20(15)22(35)31-19-11-27-12-34(17)19)21-16(25)10-29-23(32-21)30-18-2-1-14(9-28-18)33-5-3-26-4-6-33/h1-2,7-12,26H,3-6H2,(H,31,35)(H,28,29,30,32). The van der Waals surface area contributed by atoms with Crippen LogP contribution in [0.15, 0.2) is 54.0 Å². The van der Waals surface area contributed by atoms with Crippen molar-refractivity contribution in [1.29, 1.82) is 0 Å². The van der Waals surface area contributed by atoms with Crippen molar-refractivity contribution in [2.24, 2.45) is 0 Å². The van der Waals surface area contributed by atoms with Crippen molar-refractivity contribution in [3.05, 3.63) is 71.2 Å². The number of anilines is 3. The second-order valence-corrected chi connectivity index (χ2v) is 8.11. The molecule has 0 spiro atoms. The predicted molar refractivity (Wildman–Crippen MR) is 127 cm³/mol. The number of hydrogen-bond acceptors (Lipinski definition) is 8. The number of hydrogen-bond donors (Lipinski definition) is 3. The zero-order valence-corrected chi connectivity index (χ0v) is 18.3. The highest BCUT2D eigenvalue weighted by atomic mass is 19.1. The molecule has 6 rings (SSSR count). The third kappa shape index (κ3) is 3.83. The second kappa shape index (κ2) is 8.40. The molecule has 0 atom stereocenters. The van der Waals surface area contributed by atoms with Gasteiger partial charge in [-0.25, -0.2) is 28.7 Å². The van der Waals surface area contributed by atoms with Crippen molar-refractivity contribution < 1.29 is 8.78 Å². The fraction of sp³-hybridized carbons (Fsp3) is 0.174. The molecule has 0 bridgehead atoms. The summed E-state index contributed by atoms with van der Waals surface area (Å²) >= 11 is 0. The highest BCUT2D eigenvalue weighted by molar-refractivity contribution is 5.85. The van der Waals surface area contributed by atoms with Crippen LogP contribution in [0.1, 0.15) is 0 Å². The van der Waals surface area contributed by atoms with Gasteiger partial charge in [-0.1, -0.05) is 0 Å². The Labute approximate surface area is 196 Å². The molecular formula is C23H19F2N9O. The Balaban J connectivity index is 1.35. The van der Waals surface area contributed by atoms with Crippen LogP contribution < -0.4 is 21.1 Å². The molecule has 3 N–H and O–H groups in total. The van der Waals surface area contributed by atoms with E-state index in [0.717, 1.165) is 44.1 Å². The Kier molecular flexibility index (Phi) is 5.07. The highest BCUT2D eigenvalue weighted by Gasteiger charge is 2.17. The SMILES string of the molecule is O=c1[nH]c2cncn2c2cc(-c3nc(Nc4ccc(N5CCNCC5)cn4)ncc3F)cc(F)c12. The summed E-state index contributed by atoms with van der Waals surface area (Å²) in [5.41, 5.74) is 1.08. The van der Waals surface area contributed by atoms with E-state index < -0.39 is 17.2 Å². The van der Waals surface area contributed by atoms with Gasteiger partial charge in [0.25, 0.3) is 5.56 Å². The number of benzene rings is 1. The van der Waals surface area contributed by atoms with Crippen molar-refractivity contribution >= 4 is 34.0 Å². The first-order chi connectivity index (χ1) is 17.1. The number of nitrogens with one attached hydrogen (secondary N) is 3. The molecular weight excluding hydrogens is 456 g/mol. The first-order valence-corrected chi connectivity index (χ1v) is 11.0. The molecule has 1 fully saturated rings. The summed E-state index contributed by atoms with van der Waals surface area (Å²) < 4.78 is 31.2. The molecule has 0 unspecified atom stereocenters. The van der Waals surface area contributed by atoms with Crippen LogP contribution in [-0.4, -0.2) is 55.5 Å². The lowest BCUT2D eigenvalue weighted by atomic mass is 10.1. The Morgan fingerprint density at radius 2 is 1.86 bits per heavy atom.